The Morgan fingerprint density at radius 1 is 0.643 bits per heavy atom. The largest absolute Gasteiger partial charge is 0.501 e. The maximum absolute atomic E-state index is 6.08. The van der Waals surface area contributed by atoms with Crippen molar-refractivity contribution in [2.45, 2.75) is 24.7 Å². The number of rotatable bonds is 9. The lowest BCUT2D eigenvalue weighted by Crippen LogP contribution is -2.13. The Balaban J connectivity index is 1.88. The normalized spacial score (nSPS) is 18.6. The number of hydrogen-bond donors (Lipinski definition) is 0. The molecule has 0 saturated heterocycles. The van der Waals surface area contributed by atoms with Crippen molar-refractivity contribution in [2.75, 3.05) is 42.7 Å². The molecule has 0 heterocycles. The first-order chi connectivity index (χ1) is 20.4. The van der Waals surface area contributed by atoms with E-state index >= 15 is 0 Å². The number of methoxy groups -OCH3 is 6. The second-order valence-corrected chi connectivity index (χ2v) is 11.6. The van der Waals surface area contributed by atoms with Gasteiger partial charge in [0.15, 0.2) is 0 Å². The molecule has 0 unspecified atom stereocenters. The first-order valence-corrected chi connectivity index (χ1v) is 15.1. The smallest absolute Gasteiger partial charge is 0.137 e. The summed E-state index contributed by atoms with van der Waals surface area (Å²) in [6, 6.07) is 14.0. The molecular weight excluding hydrogens is 664 g/mol. The molecule has 0 amide bonds. The van der Waals surface area contributed by atoms with Gasteiger partial charge in [-0.1, -0.05) is 29.9 Å². The highest BCUT2D eigenvalue weighted by Gasteiger charge is 2.45. The van der Waals surface area contributed by atoms with Gasteiger partial charge in [0.05, 0.1) is 57.4 Å². The monoisotopic (exact) mass is 696 g/mol. The van der Waals surface area contributed by atoms with Crippen LogP contribution in [-0.4, -0.2) is 42.7 Å². The third-order valence-electron chi connectivity index (χ3n) is 8.02. The molecule has 6 nitrogen and oxygen atoms in total. The van der Waals surface area contributed by atoms with Gasteiger partial charge in [-0.2, -0.15) is 0 Å². The predicted octanol–water partition coefficient (Wildman–Crippen LogP) is 8.93. The molecule has 0 radical (unpaired) electrons. The van der Waals surface area contributed by atoms with E-state index in [1.165, 1.54) is 5.57 Å². The lowest BCUT2D eigenvalue weighted by Gasteiger charge is -2.29. The third-order valence-corrected chi connectivity index (χ3v) is 9.65. The van der Waals surface area contributed by atoms with Crippen molar-refractivity contribution < 1.29 is 28.4 Å². The fourth-order valence-electron chi connectivity index (χ4n) is 5.97. The van der Waals surface area contributed by atoms with Crippen LogP contribution in [0.15, 0.2) is 74.9 Å². The summed E-state index contributed by atoms with van der Waals surface area (Å²) in [6.45, 7) is 0. The lowest BCUT2D eigenvalue weighted by molar-refractivity contribution is 0.275. The van der Waals surface area contributed by atoms with Crippen molar-refractivity contribution in [1.29, 1.82) is 0 Å². The van der Waals surface area contributed by atoms with E-state index in [2.05, 4.69) is 68.3 Å². The topological polar surface area (TPSA) is 55.4 Å². The molecule has 220 valence electrons. The van der Waals surface area contributed by atoms with Gasteiger partial charge in [-0.15, -0.1) is 0 Å². The van der Waals surface area contributed by atoms with Gasteiger partial charge >= 0.3 is 0 Å². The van der Waals surface area contributed by atoms with E-state index in [0.29, 0.717) is 17.2 Å². The van der Waals surface area contributed by atoms with Gasteiger partial charge in [-0.05, 0) is 79.3 Å². The zero-order valence-corrected chi connectivity index (χ0v) is 27.7. The molecule has 2 aliphatic carbocycles. The molecule has 0 aliphatic heterocycles. The van der Waals surface area contributed by atoms with Crippen molar-refractivity contribution in [2.24, 2.45) is 0 Å². The second kappa shape index (κ2) is 12.9. The molecule has 3 aromatic carbocycles. The zero-order chi connectivity index (χ0) is 30.0. The van der Waals surface area contributed by atoms with Crippen molar-refractivity contribution in [3.63, 3.8) is 0 Å². The van der Waals surface area contributed by atoms with Crippen molar-refractivity contribution in [1.82, 2.24) is 0 Å². The number of benzene rings is 3. The Hall–Kier alpha value is -3.36. The summed E-state index contributed by atoms with van der Waals surface area (Å²) in [7, 11) is 10.1. The highest BCUT2D eigenvalue weighted by Crippen LogP contribution is 2.63. The summed E-state index contributed by atoms with van der Waals surface area (Å²) in [4.78, 5) is 0. The van der Waals surface area contributed by atoms with Crippen molar-refractivity contribution in [3.05, 3.63) is 97.1 Å². The fourth-order valence-corrected chi connectivity index (χ4v) is 7.33. The minimum atomic E-state index is -0.124. The fraction of sp³-hybridized carbons (Fsp3) is 0.294. The first kappa shape index (κ1) is 30.1. The third kappa shape index (κ3) is 5.42. The van der Waals surface area contributed by atoms with Crippen LogP contribution in [0.3, 0.4) is 0 Å². The molecule has 2 atom stereocenters. The summed E-state index contributed by atoms with van der Waals surface area (Å²) in [5, 5.41) is 0. The van der Waals surface area contributed by atoms with Gasteiger partial charge in [0.25, 0.3) is 0 Å². The van der Waals surface area contributed by atoms with Crippen LogP contribution in [0.1, 0.15) is 46.9 Å². The highest BCUT2D eigenvalue weighted by molar-refractivity contribution is 9.11. The molecule has 0 spiro atoms. The molecule has 0 aromatic heterocycles. The zero-order valence-electron chi connectivity index (χ0n) is 24.5. The van der Waals surface area contributed by atoms with Crippen LogP contribution in [0.25, 0.3) is 11.6 Å². The number of ether oxygens (including phenoxy) is 6. The summed E-state index contributed by atoms with van der Waals surface area (Å²) >= 11 is 7.83. The highest BCUT2D eigenvalue weighted by atomic mass is 79.9. The molecule has 0 N–H and O–H groups in total. The average Bonchev–Trinajstić information content (AvgIpc) is 3.36. The number of halogens is 2. The van der Waals surface area contributed by atoms with Gasteiger partial charge in [0.2, 0.25) is 0 Å². The van der Waals surface area contributed by atoms with Crippen molar-refractivity contribution >= 4 is 43.5 Å². The molecule has 5 rings (SSSR count). The maximum atomic E-state index is 6.08. The van der Waals surface area contributed by atoms with Crippen LogP contribution in [0, 0.1) is 0 Å². The molecule has 0 fully saturated rings. The van der Waals surface area contributed by atoms with Gasteiger partial charge in [-0.3, -0.25) is 0 Å². The van der Waals surface area contributed by atoms with Gasteiger partial charge < -0.3 is 28.4 Å². The van der Waals surface area contributed by atoms with E-state index in [9.17, 15) is 0 Å². The first-order valence-electron chi connectivity index (χ1n) is 13.5. The standard InChI is InChI=1S/C34H34Br2O6/c1-37-21-11-7-19(8-12-21)15-24-30(25-16-23(39-3)17-27(41-5)33(25)35)29(20-9-13-22(38-2)14-10-20)32-26(40-4)18-28(42-6)34(36)31(24)32/h7-9,11-13,15-18,29-30H,10,14H2,1-6H3/b24-15+/t29-,30-/m0/s1. The minimum Gasteiger partial charge on any atom is -0.501 e. The van der Waals surface area contributed by atoms with E-state index in [4.69, 9.17) is 28.4 Å². The summed E-state index contributed by atoms with van der Waals surface area (Å²) < 4.78 is 36.2. The van der Waals surface area contributed by atoms with Crippen LogP contribution in [0.2, 0.25) is 0 Å². The van der Waals surface area contributed by atoms with Crippen LogP contribution in [0.4, 0.5) is 0 Å². The minimum absolute atomic E-state index is 0.0515. The molecule has 0 bridgehead atoms. The molecule has 2 aliphatic rings. The quantitative estimate of drug-likeness (QED) is 0.223. The summed E-state index contributed by atoms with van der Waals surface area (Å²) in [5.74, 6) is 4.48. The van der Waals surface area contributed by atoms with Crippen LogP contribution in [-0.2, 0) is 4.74 Å². The summed E-state index contributed by atoms with van der Waals surface area (Å²) in [6.07, 6.45) is 8.18. The number of hydrogen-bond acceptors (Lipinski definition) is 6. The number of fused-ring (bicyclic) bond motifs is 1. The lowest BCUT2D eigenvalue weighted by atomic mass is 9.77. The van der Waals surface area contributed by atoms with E-state index < -0.39 is 0 Å². The van der Waals surface area contributed by atoms with Gasteiger partial charge in [0.1, 0.15) is 28.7 Å². The van der Waals surface area contributed by atoms with Crippen LogP contribution < -0.4 is 23.7 Å². The summed E-state index contributed by atoms with van der Waals surface area (Å²) in [5.41, 5.74) is 6.63. The number of allylic oxidation sites excluding steroid dienone is 5. The van der Waals surface area contributed by atoms with E-state index in [1.54, 1.807) is 42.7 Å². The maximum Gasteiger partial charge on any atom is 0.137 e. The molecule has 3 aromatic rings. The Kier molecular flexibility index (Phi) is 9.23. The molecule has 42 heavy (non-hydrogen) atoms. The van der Waals surface area contributed by atoms with Crippen LogP contribution >= 0.6 is 31.9 Å². The molecular formula is C34H34Br2O6. The Morgan fingerprint density at radius 3 is 1.88 bits per heavy atom. The van der Waals surface area contributed by atoms with E-state index in [-0.39, 0.29) is 11.8 Å². The van der Waals surface area contributed by atoms with Gasteiger partial charge in [-0.25, -0.2) is 0 Å². The van der Waals surface area contributed by atoms with Crippen LogP contribution in [0.5, 0.6) is 28.7 Å². The predicted molar refractivity (Wildman–Crippen MR) is 173 cm³/mol. The van der Waals surface area contributed by atoms with Gasteiger partial charge in [0, 0.05) is 41.5 Å². The molecule has 0 saturated carbocycles. The second-order valence-electron chi connectivity index (χ2n) is 10.0. The Bertz CT molecular complexity index is 1570. The SMILES string of the molecule is COC1=CC=C([C@@H]2c3c(OC)cc(OC)c(Br)c3/C(=C/c3ccc(OC)cc3)[C@H]2c2cc(OC)cc(OC)c2Br)CC1. The Labute approximate surface area is 264 Å². The Morgan fingerprint density at radius 2 is 1.31 bits per heavy atom. The van der Waals surface area contributed by atoms with E-state index in [0.717, 1.165) is 66.9 Å². The average molecular weight is 698 g/mol. The van der Waals surface area contributed by atoms with E-state index in [1.807, 2.05) is 24.3 Å². The van der Waals surface area contributed by atoms with Crippen molar-refractivity contribution in [3.8, 4) is 28.7 Å². The molecule has 8 heteroatoms.